The van der Waals surface area contributed by atoms with Crippen LogP contribution in [0, 0.1) is 0 Å². The third kappa shape index (κ3) is 5.48. The first-order valence-electron chi connectivity index (χ1n) is 12.3. The van der Waals surface area contributed by atoms with Crippen LogP contribution in [0.4, 0.5) is 5.82 Å². The largest absolute Gasteiger partial charge is 0.454 e. The highest BCUT2D eigenvalue weighted by Crippen LogP contribution is 2.55. The number of halogens is 1. The molecule has 2 aromatic heterocycles. The summed E-state index contributed by atoms with van der Waals surface area (Å²) in [6, 6.07) is 3.86. The SMILES string of the molecule is CCOP(=O)(OCC)N1CCCCC1CCn1c(Sc2cc3c(cc2Br)OCO3)nc2c(N)ncnc21. The topological polar surface area (TPSA) is 127 Å². The fourth-order valence-corrected chi connectivity index (χ4v) is 8.23. The molecule has 37 heavy (non-hydrogen) atoms. The first-order chi connectivity index (χ1) is 17.9. The maximum atomic E-state index is 13.6. The van der Waals surface area contributed by atoms with Gasteiger partial charge in [0.2, 0.25) is 6.79 Å². The predicted octanol–water partition coefficient (Wildman–Crippen LogP) is 5.48. The molecule has 1 fully saturated rings. The molecule has 3 aromatic rings. The van der Waals surface area contributed by atoms with Gasteiger partial charge in [0.15, 0.2) is 33.6 Å². The van der Waals surface area contributed by atoms with Crippen LogP contribution in [-0.2, 0) is 20.2 Å². The summed E-state index contributed by atoms with van der Waals surface area (Å²) in [7, 11) is -3.37. The lowest BCUT2D eigenvalue weighted by Crippen LogP contribution is -2.38. The number of rotatable bonds is 10. The molecule has 1 aromatic carbocycles. The summed E-state index contributed by atoms with van der Waals surface area (Å²) in [5, 5.41) is 0.724. The van der Waals surface area contributed by atoms with E-state index in [9.17, 15) is 4.57 Å². The molecule has 4 heterocycles. The van der Waals surface area contributed by atoms with E-state index in [2.05, 4.69) is 25.9 Å². The zero-order valence-corrected chi connectivity index (χ0v) is 24.1. The average molecular weight is 613 g/mol. The summed E-state index contributed by atoms with van der Waals surface area (Å²) in [5.41, 5.74) is 7.37. The summed E-state index contributed by atoms with van der Waals surface area (Å²) in [6.45, 7) is 5.80. The minimum atomic E-state index is -3.37. The van der Waals surface area contributed by atoms with Gasteiger partial charge in [-0.3, -0.25) is 9.05 Å². The number of piperidine rings is 1. The Morgan fingerprint density at radius 1 is 1.19 bits per heavy atom. The summed E-state index contributed by atoms with van der Waals surface area (Å²) >= 11 is 5.12. The van der Waals surface area contributed by atoms with Crippen LogP contribution in [0.1, 0.15) is 39.5 Å². The van der Waals surface area contributed by atoms with E-state index in [1.165, 1.54) is 18.1 Å². The van der Waals surface area contributed by atoms with Gasteiger partial charge >= 0.3 is 7.75 Å². The molecule has 14 heteroatoms. The van der Waals surface area contributed by atoms with Crippen LogP contribution in [0.25, 0.3) is 11.2 Å². The van der Waals surface area contributed by atoms with Gasteiger partial charge in [-0.05, 0) is 61.2 Å². The van der Waals surface area contributed by atoms with Crippen molar-refractivity contribution in [3.05, 3.63) is 22.9 Å². The molecule has 1 saturated heterocycles. The second kappa shape index (κ2) is 11.5. The van der Waals surface area contributed by atoms with E-state index in [1.54, 1.807) is 0 Å². The van der Waals surface area contributed by atoms with Gasteiger partial charge in [-0.1, -0.05) is 18.2 Å². The summed E-state index contributed by atoms with van der Waals surface area (Å²) in [6.07, 6.45) is 5.09. The molecule has 0 saturated carbocycles. The molecular weight excluding hydrogens is 583 g/mol. The Balaban J connectivity index is 1.45. The number of imidazole rings is 1. The first kappa shape index (κ1) is 26.7. The van der Waals surface area contributed by atoms with Gasteiger partial charge in [0.1, 0.15) is 6.33 Å². The van der Waals surface area contributed by atoms with Gasteiger partial charge in [-0.2, -0.15) is 0 Å². The molecule has 1 atom stereocenters. The number of aryl methyl sites for hydroxylation is 1. The molecule has 2 aliphatic rings. The van der Waals surface area contributed by atoms with E-state index in [-0.39, 0.29) is 12.8 Å². The highest BCUT2D eigenvalue weighted by Gasteiger charge is 2.39. The van der Waals surface area contributed by atoms with Gasteiger partial charge in [0.25, 0.3) is 0 Å². The standard InChI is InChI=1S/C23H30BrN6O5PS/c1-3-34-36(31,35-4-2)30-9-6-5-7-15(30)8-10-29-22-20(21(25)26-13-27-22)28-23(29)37-19-12-18-17(11-16(19)24)32-14-33-18/h11-13,15H,3-10,14H2,1-2H3,(H2,25,26,27). The van der Waals surface area contributed by atoms with Crippen molar-refractivity contribution in [2.75, 3.05) is 32.3 Å². The second-order valence-electron chi connectivity index (χ2n) is 8.62. The van der Waals surface area contributed by atoms with Gasteiger partial charge in [-0.25, -0.2) is 24.2 Å². The summed E-state index contributed by atoms with van der Waals surface area (Å²) in [4.78, 5) is 14.3. The normalized spacial score (nSPS) is 18.1. The van der Waals surface area contributed by atoms with Crippen LogP contribution in [0.5, 0.6) is 11.5 Å². The molecule has 2 aliphatic heterocycles. The highest BCUT2D eigenvalue weighted by atomic mass is 79.9. The van der Waals surface area contributed by atoms with Crippen LogP contribution in [-0.4, -0.2) is 56.8 Å². The van der Waals surface area contributed by atoms with Crippen LogP contribution >= 0.6 is 35.4 Å². The van der Waals surface area contributed by atoms with Crippen LogP contribution in [0.2, 0.25) is 0 Å². The van der Waals surface area contributed by atoms with Crippen molar-refractivity contribution >= 4 is 52.4 Å². The van der Waals surface area contributed by atoms with Crippen molar-refractivity contribution < 1.29 is 23.1 Å². The van der Waals surface area contributed by atoms with Crippen LogP contribution < -0.4 is 15.2 Å². The number of hydrogen-bond donors (Lipinski definition) is 1. The molecule has 0 aliphatic carbocycles. The van der Waals surface area contributed by atoms with E-state index in [0.29, 0.717) is 54.8 Å². The van der Waals surface area contributed by atoms with Crippen LogP contribution in [0.15, 0.2) is 33.0 Å². The van der Waals surface area contributed by atoms with Gasteiger partial charge in [0, 0.05) is 28.5 Å². The minimum absolute atomic E-state index is 0.0319. The maximum absolute atomic E-state index is 13.6. The van der Waals surface area contributed by atoms with E-state index < -0.39 is 7.75 Å². The summed E-state index contributed by atoms with van der Waals surface area (Å²) < 4.78 is 40.9. The van der Waals surface area contributed by atoms with Gasteiger partial charge < -0.3 is 19.8 Å². The number of anilines is 1. The maximum Gasteiger partial charge on any atom is 0.408 e. The Bertz CT molecular complexity index is 1320. The fraction of sp³-hybridized carbons (Fsp3) is 0.522. The van der Waals surface area contributed by atoms with Crippen molar-refractivity contribution in [1.29, 1.82) is 0 Å². The Morgan fingerprint density at radius 3 is 2.70 bits per heavy atom. The number of nitrogens with two attached hydrogens (primary N) is 1. The Labute approximate surface area is 228 Å². The van der Waals surface area contributed by atoms with Crippen molar-refractivity contribution in [2.45, 2.75) is 62.2 Å². The number of hydrogen-bond acceptors (Lipinski definition) is 10. The Morgan fingerprint density at radius 2 is 1.95 bits per heavy atom. The zero-order valence-electron chi connectivity index (χ0n) is 20.8. The number of nitrogens with zero attached hydrogens (tertiary/aromatic N) is 5. The molecule has 0 amide bonds. The monoisotopic (exact) mass is 612 g/mol. The van der Waals surface area contributed by atoms with Crippen molar-refractivity contribution in [1.82, 2.24) is 24.2 Å². The number of fused-ring (bicyclic) bond motifs is 2. The van der Waals surface area contributed by atoms with Crippen molar-refractivity contribution in [3.8, 4) is 11.5 Å². The van der Waals surface area contributed by atoms with Crippen molar-refractivity contribution in [3.63, 3.8) is 0 Å². The lowest BCUT2D eigenvalue weighted by atomic mass is 10.0. The second-order valence-corrected chi connectivity index (χ2v) is 12.5. The highest BCUT2D eigenvalue weighted by molar-refractivity contribution is 9.10. The quantitative estimate of drug-likeness (QED) is 0.292. The molecule has 11 nitrogen and oxygen atoms in total. The van der Waals surface area contributed by atoms with Gasteiger partial charge in [0.05, 0.1) is 13.2 Å². The van der Waals surface area contributed by atoms with E-state index in [0.717, 1.165) is 40.2 Å². The third-order valence-corrected chi connectivity index (χ3v) is 10.6. The lowest BCUT2D eigenvalue weighted by Gasteiger charge is -2.39. The van der Waals surface area contributed by atoms with E-state index in [4.69, 9.17) is 29.2 Å². The smallest absolute Gasteiger partial charge is 0.408 e. The van der Waals surface area contributed by atoms with Crippen molar-refractivity contribution in [2.24, 2.45) is 0 Å². The summed E-state index contributed by atoms with van der Waals surface area (Å²) in [5.74, 6) is 1.71. The molecule has 0 bridgehead atoms. The van der Waals surface area contributed by atoms with Gasteiger partial charge in [-0.15, -0.1) is 0 Å². The molecule has 0 radical (unpaired) electrons. The molecule has 5 rings (SSSR count). The van der Waals surface area contributed by atoms with E-state index in [1.807, 2.05) is 35.2 Å². The van der Waals surface area contributed by atoms with E-state index >= 15 is 0 Å². The first-order valence-corrected chi connectivity index (χ1v) is 15.4. The fourth-order valence-electron chi connectivity index (χ4n) is 4.68. The number of ether oxygens (including phenoxy) is 2. The number of benzene rings is 1. The lowest BCUT2D eigenvalue weighted by molar-refractivity contribution is 0.125. The molecule has 200 valence electrons. The average Bonchev–Trinajstić information content (AvgIpc) is 3.48. The number of nitrogen functional groups attached to an aromatic ring is 1. The molecule has 0 spiro atoms. The minimum Gasteiger partial charge on any atom is -0.454 e. The Kier molecular flexibility index (Phi) is 8.28. The predicted molar refractivity (Wildman–Crippen MR) is 144 cm³/mol. The molecule has 2 N–H and O–H groups in total. The van der Waals surface area contributed by atoms with Crippen LogP contribution in [0.3, 0.4) is 0 Å². The third-order valence-electron chi connectivity index (χ3n) is 6.33. The number of aromatic nitrogens is 4. The molecular formula is C23H30BrN6O5PS. The zero-order chi connectivity index (χ0) is 26.0. The molecule has 1 unspecified atom stereocenters. The Hall–Kier alpha value is -1.89.